The molecule has 2 heteroatoms. The summed E-state index contributed by atoms with van der Waals surface area (Å²) < 4.78 is 0. The Morgan fingerprint density at radius 1 is 1.00 bits per heavy atom. The molecule has 0 aliphatic heterocycles. The van der Waals surface area contributed by atoms with Gasteiger partial charge in [0, 0.05) is 4.90 Å². The van der Waals surface area contributed by atoms with Crippen molar-refractivity contribution < 1.29 is 0 Å². The summed E-state index contributed by atoms with van der Waals surface area (Å²) in [5, 5.41) is 0. The van der Waals surface area contributed by atoms with Crippen molar-refractivity contribution in [2.24, 2.45) is 11.7 Å². The van der Waals surface area contributed by atoms with Crippen molar-refractivity contribution in [1.82, 2.24) is 0 Å². The van der Waals surface area contributed by atoms with Crippen LogP contribution in [-0.2, 0) is 6.42 Å². The van der Waals surface area contributed by atoms with Gasteiger partial charge in [-0.3, -0.25) is 0 Å². The fraction of sp³-hybridized carbons (Fsp3) is 0.333. The van der Waals surface area contributed by atoms with Crippen LogP contribution >= 0.6 is 11.8 Å². The van der Waals surface area contributed by atoms with E-state index in [1.165, 1.54) is 21.6 Å². The Bertz CT molecular complexity index is 546. The first-order chi connectivity index (χ1) is 9.61. The number of rotatable bonds is 5. The summed E-state index contributed by atoms with van der Waals surface area (Å²) in [6.45, 7) is 4.49. The van der Waals surface area contributed by atoms with Gasteiger partial charge in [-0.25, -0.2) is 0 Å². The maximum absolute atomic E-state index is 6.43. The lowest BCUT2D eigenvalue weighted by atomic mass is 9.96. The van der Waals surface area contributed by atoms with E-state index >= 15 is 0 Å². The SMILES string of the molecule is CSc1ccccc1C(N)c1ccc(CC(C)C)cc1. The van der Waals surface area contributed by atoms with E-state index in [-0.39, 0.29) is 6.04 Å². The summed E-state index contributed by atoms with van der Waals surface area (Å²) >= 11 is 1.75. The van der Waals surface area contributed by atoms with E-state index in [9.17, 15) is 0 Å². The van der Waals surface area contributed by atoms with Gasteiger partial charge < -0.3 is 5.73 Å². The summed E-state index contributed by atoms with van der Waals surface area (Å²) in [7, 11) is 0. The van der Waals surface area contributed by atoms with E-state index in [4.69, 9.17) is 5.73 Å². The molecule has 1 nitrogen and oxygen atoms in total. The molecule has 0 radical (unpaired) electrons. The van der Waals surface area contributed by atoms with Gasteiger partial charge in [-0.1, -0.05) is 56.3 Å². The van der Waals surface area contributed by atoms with Crippen molar-refractivity contribution >= 4 is 11.8 Å². The summed E-state index contributed by atoms with van der Waals surface area (Å²) in [5.74, 6) is 0.687. The molecule has 0 aliphatic carbocycles. The topological polar surface area (TPSA) is 26.0 Å². The molecule has 2 N–H and O–H groups in total. The van der Waals surface area contributed by atoms with Crippen molar-refractivity contribution in [3.63, 3.8) is 0 Å². The zero-order valence-corrected chi connectivity index (χ0v) is 13.3. The Balaban J connectivity index is 2.22. The molecule has 0 aliphatic rings. The van der Waals surface area contributed by atoms with E-state index in [1.807, 2.05) is 0 Å². The molecule has 106 valence electrons. The molecule has 20 heavy (non-hydrogen) atoms. The molecule has 0 amide bonds. The van der Waals surface area contributed by atoms with Gasteiger partial charge in [-0.05, 0) is 41.4 Å². The van der Waals surface area contributed by atoms with Gasteiger partial charge in [0.25, 0.3) is 0 Å². The Morgan fingerprint density at radius 3 is 2.25 bits per heavy atom. The Labute approximate surface area is 126 Å². The van der Waals surface area contributed by atoms with Gasteiger partial charge in [-0.15, -0.1) is 11.8 Å². The number of hydrogen-bond acceptors (Lipinski definition) is 2. The first-order valence-electron chi connectivity index (χ1n) is 7.09. The van der Waals surface area contributed by atoms with E-state index < -0.39 is 0 Å². The first kappa shape index (κ1) is 15.1. The minimum Gasteiger partial charge on any atom is -0.320 e. The van der Waals surface area contributed by atoms with Crippen LogP contribution in [0, 0.1) is 5.92 Å². The second-order valence-electron chi connectivity index (χ2n) is 5.56. The number of thioether (sulfide) groups is 1. The molecule has 0 saturated heterocycles. The Kier molecular flexibility index (Phi) is 5.27. The van der Waals surface area contributed by atoms with Crippen molar-refractivity contribution in [2.45, 2.75) is 31.2 Å². The van der Waals surface area contributed by atoms with Gasteiger partial charge in [0.1, 0.15) is 0 Å². The van der Waals surface area contributed by atoms with Gasteiger partial charge in [0.15, 0.2) is 0 Å². The quantitative estimate of drug-likeness (QED) is 0.809. The predicted molar refractivity (Wildman–Crippen MR) is 89.2 cm³/mol. The maximum Gasteiger partial charge on any atom is 0.0562 e. The Morgan fingerprint density at radius 2 is 1.65 bits per heavy atom. The normalized spacial score (nSPS) is 12.7. The molecule has 2 aromatic rings. The highest BCUT2D eigenvalue weighted by atomic mass is 32.2. The second-order valence-corrected chi connectivity index (χ2v) is 6.41. The number of benzene rings is 2. The fourth-order valence-corrected chi connectivity index (χ4v) is 3.08. The molecule has 0 heterocycles. The van der Waals surface area contributed by atoms with E-state index in [0.29, 0.717) is 5.92 Å². The van der Waals surface area contributed by atoms with Crippen molar-refractivity contribution in [3.05, 3.63) is 65.2 Å². The summed E-state index contributed by atoms with van der Waals surface area (Å²) in [6.07, 6.45) is 3.22. The van der Waals surface area contributed by atoms with Gasteiger partial charge in [0.05, 0.1) is 6.04 Å². The molecule has 0 fully saturated rings. The van der Waals surface area contributed by atoms with Crippen LogP contribution in [0.1, 0.15) is 36.6 Å². The number of hydrogen-bond donors (Lipinski definition) is 1. The molecular weight excluding hydrogens is 262 g/mol. The third kappa shape index (κ3) is 3.65. The van der Waals surface area contributed by atoms with Gasteiger partial charge in [0.2, 0.25) is 0 Å². The van der Waals surface area contributed by atoms with E-state index in [2.05, 4.69) is 68.6 Å². The van der Waals surface area contributed by atoms with Crippen LogP contribution in [0.2, 0.25) is 0 Å². The first-order valence-corrected chi connectivity index (χ1v) is 8.31. The zero-order chi connectivity index (χ0) is 14.5. The lowest BCUT2D eigenvalue weighted by Gasteiger charge is -2.16. The lowest BCUT2D eigenvalue weighted by molar-refractivity contribution is 0.647. The number of nitrogens with two attached hydrogens (primary N) is 1. The molecule has 1 unspecified atom stereocenters. The molecule has 0 saturated carbocycles. The van der Waals surface area contributed by atoms with E-state index in [0.717, 1.165) is 6.42 Å². The minimum absolute atomic E-state index is 0.0493. The second kappa shape index (κ2) is 6.96. The largest absolute Gasteiger partial charge is 0.320 e. The monoisotopic (exact) mass is 285 g/mol. The van der Waals surface area contributed by atoms with Crippen molar-refractivity contribution in [2.75, 3.05) is 6.26 Å². The van der Waals surface area contributed by atoms with Crippen LogP contribution in [0.15, 0.2) is 53.4 Å². The molecule has 1 atom stereocenters. The fourth-order valence-electron chi connectivity index (χ4n) is 2.44. The predicted octanol–water partition coefficient (Wildman–Crippen LogP) is 4.66. The Hall–Kier alpha value is -1.25. The van der Waals surface area contributed by atoms with Crippen molar-refractivity contribution in [1.29, 1.82) is 0 Å². The van der Waals surface area contributed by atoms with Crippen LogP contribution in [0.5, 0.6) is 0 Å². The molecular formula is C18H23NS. The van der Waals surface area contributed by atoms with Crippen LogP contribution in [0.25, 0.3) is 0 Å². The smallest absolute Gasteiger partial charge is 0.0562 e. The standard InChI is InChI=1S/C18H23NS/c1-13(2)12-14-8-10-15(11-9-14)18(19)16-6-4-5-7-17(16)20-3/h4-11,13,18H,12,19H2,1-3H3. The van der Waals surface area contributed by atoms with Gasteiger partial charge >= 0.3 is 0 Å². The average molecular weight is 285 g/mol. The molecule has 2 rings (SSSR count). The highest BCUT2D eigenvalue weighted by Crippen LogP contribution is 2.28. The summed E-state index contributed by atoms with van der Waals surface area (Å²) in [4.78, 5) is 1.26. The zero-order valence-electron chi connectivity index (χ0n) is 12.5. The average Bonchev–Trinajstić information content (AvgIpc) is 2.46. The van der Waals surface area contributed by atoms with Crippen LogP contribution in [0.3, 0.4) is 0 Å². The highest BCUT2D eigenvalue weighted by molar-refractivity contribution is 7.98. The summed E-state index contributed by atoms with van der Waals surface area (Å²) in [5.41, 5.74) is 10.2. The molecule has 0 bridgehead atoms. The highest BCUT2D eigenvalue weighted by Gasteiger charge is 2.12. The third-order valence-corrected chi connectivity index (χ3v) is 4.27. The molecule has 2 aromatic carbocycles. The van der Waals surface area contributed by atoms with Crippen LogP contribution in [-0.4, -0.2) is 6.26 Å². The maximum atomic E-state index is 6.43. The molecule has 0 spiro atoms. The van der Waals surface area contributed by atoms with Gasteiger partial charge in [-0.2, -0.15) is 0 Å². The van der Waals surface area contributed by atoms with E-state index in [1.54, 1.807) is 11.8 Å². The van der Waals surface area contributed by atoms with Crippen LogP contribution in [0.4, 0.5) is 0 Å². The summed E-state index contributed by atoms with van der Waals surface area (Å²) in [6, 6.07) is 17.1. The third-order valence-electron chi connectivity index (χ3n) is 3.46. The minimum atomic E-state index is -0.0493. The molecule has 0 aromatic heterocycles. The van der Waals surface area contributed by atoms with Crippen molar-refractivity contribution in [3.8, 4) is 0 Å². The lowest BCUT2D eigenvalue weighted by Crippen LogP contribution is -2.12. The van der Waals surface area contributed by atoms with Crippen LogP contribution < -0.4 is 5.73 Å².